The van der Waals surface area contributed by atoms with Gasteiger partial charge in [-0.3, -0.25) is 19.3 Å². The minimum absolute atomic E-state index is 0.201. The first-order valence-corrected chi connectivity index (χ1v) is 12.7. The molecule has 0 saturated heterocycles. The van der Waals surface area contributed by atoms with Gasteiger partial charge in [0.25, 0.3) is 0 Å². The molecule has 0 aliphatic heterocycles. The van der Waals surface area contributed by atoms with E-state index in [0.29, 0.717) is 0 Å². The van der Waals surface area contributed by atoms with Crippen LogP contribution in [-0.4, -0.2) is 47.5 Å². The minimum Gasteiger partial charge on any atom is -0.368 e. The molecule has 2 amide bonds. The molecule has 2 N–H and O–H groups in total. The molecule has 2 rings (SSSR count). The van der Waals surface area contributed by atoms with E-state index in [9.17, 15) is 22.8 Å². The number of hydrogen-bond donors (Lipinski definition) is 1. The summed E-state index contributed by atoms with van der Waals surface area (Å²) in [5, 5.41) is 1.61. The van der Waals surface area contributed by atoms with Gasteiger partial charge in [0.1, 0.15) is 23.4 Å². The largest absolute Gasteiger partial charge is 0.368 e. The lowest BCUT2D eigenvalue weighted by atomic mass is 9.92. The van der Waals surface area contributed by atoms with Crippen molar-refractivity contribution in [3.05, 3.63) is 46.8 Å². The number of hydrogen-bond acceptors (Lipinski definition) is 7. The molecule has 2 atom stereocenters. The molecule has 0 aliphatic carbocycles. The average Bonchev–Trinajstić information content (AvgIpc) is 3.21. The van der Waals surface area contributed by atoms with Crippen molar-refractivity contribution in [3.63, 3.8) is 0 Å². The summed E-state index contributed by atoms with van der Waals surface area (Å²) in [6.45, 7) is 6.08. The predicted molar refractivity (Wildman–Crippen MR) is 125 cm³/mol. The number of amides is 2. The summed E-state index contributed by atoms with van der Waals surface area (Å²) in [5.41, 5.74) is 7.79. The minimum atomic E-state index is -3.69. The number of thiazole rings is 1. The lowest BCUT2D eigenvalue weighted by Crippen LogP contribution is -2.49. The van der Waals surface area contributed by atoms with Gasteiger partial charge in [-0.15, -0.1) is 11.3 Å². The summed E-state index contributed by atoms with van der Waals surface area (Å²) in [4.78, 5) is 43.6. The van der Waals surface area contributed by atoms with Crippen molar-refractivity contribution in [2.24, 2.45) is 11.7 Å². The van der Waals surface area contributed by atoms with Crippen LogP contribution in [0.2, 0.25) is 0 Å². The highest BCUT2D eigenvalue weighted by atomic mass is 32.2. The van der Waals surface area contributed by atoms with Crippen molar-refractivity contribution in [2.75, 3.05) is 10.7 Å². The lowest BCUT2D eigenvalue weighted by Gasteiger charge is -2.29. The van der Waals surface area contributed by atoms with Gasteiger partial charge < -0.3 is 5.73 Å². The highest BCUT2D eigenvalue weighted by Crippen LogP contribution is 2.25. The molecule has 174 valence electrons. The zero-order valence-electron chi connectivity index (χ0n) is 18.6. The number of Topliss-reactive ketones (excluding diaryl/α,β-unsaturated/α-hetero) is 1. The second kappa shape index (κ2) is 10.4. The molecule has 1 heterocycles. The van der Waals surface area contributed by atoms with E-state index in [1.165, 1.54) is 49.4 Å². The highest BCUT2D eigenvalue weighted by molar-refractivity contribution is 7.93. The van der Waals surface area contributed by atoms with Crippen LogP contribution in [0, 0.1) is 5.92 Å². The molecule has 1 aromatic carbocycles. The maximum absolute atomic E-state index is 13.6. The number of carbonyl (C=O) groups excluding carboxylic acids is 3. The number of carbonyl (C=O) groups is 3. The van der Waals surface area contributed by atoms with Gasteiger partial charge in [0.05, 0.1) is 10.3 Å². The molecular formula is C22H29N3O5S2. The van der Waals surface area contributed by atoms with Crippen LogP contribution in [0.15, 0.2) is 41.2 Å². The Bertz CT molecular complexity index is 1040. The molecule has 2 aromatic rings. The molecule has 32 heavy (non-hydrogen) atoms. The van der Waals surface area contributed by atoms with E-state index in [2.05, 4.69) is 4.98 Å². The van der Waals surface area contributed by atoms with E-state index in [1.54, 1.807) is 5.38 Å². The fourth-order valence-corrected chi connectivity index (χ4v) is 4.56. The number of primary amides is 1. The zero-order valence-corrected chi connectivity index (χ0v) is 20.3. The Labute approximate surface area is 192 Å². The molecule has 0 saturated carbocycles. The van der Waals surface area contributed by atoms with Gasteiger partial charge >= 0.3 is 0 Å². The molecule has 10 heteroatoms. The number of benzene rings is 1. The van der Waals surface area contributed by atoms with Crippen molar-refractivity contribution in [1.29, 1.82) is 0 Å². The summed E-state index contributed by atoms with van der Waals surface area (Å²) in [7, 11) is -3.69. The van der Waals surface area contributed by atoms with Crippen LogP contribution >= 0.6 is 11.3 Å². The van der Waals surface area contributed by atoms with Gasteiger partial charge in [0.2, 0.25) is 11.8 Å². The van der Waals surface area contributed by atoms with Crippen molar-refractivity contribution in [3.8, 4) is 0 Å². The Morgan fingerprint density at radius 2 is 1.78 bits per heavy atom. The molecule has 0 radical (unpaired) electrons. The predicted octanol–water partition coefficient (Wildman–Crippen LogP) is 2.38. The Kier molecular flexibility index (Phi) is 8.30. The summed E-state index contributed by atoms with van der Waals surface area (Å²) in [6, 6.07) is 8.11. The fraction of sp³-hybridized carbons (Fsp3) is 0.455. The van der Waals surface area contributed by atoms with Crippen molar-refractivity contribution in [2.45, 2.75) is 51.3 Å². The third kappa shape index (κ3) is 6.46. The maximum Gasteiger partial charge on any atom is 0.240 e. The first-order valence-electron chi connectivity index (χ1n) is 10.1. The van der Waals surface area contributed by atoms with E-state index >= 15 is 0 Å². The maximum atomic E-state index is 13.6. The monoisotopic (exact) mass is 479 g/mol. The quantitative estimate of drug-likeness (QED) is 0.557. The third-order valence-corrected chi connectivity index (χ3v) is 8.28. The van der Waals surface area contributed by atoms with Crippen molar-refractivity contribution in [1.82, 2.24) is 4.98 Å². The summed E-state index contributed by atoms with van der Waals surface area (Å²) >= 11 is 1.25. The Morgan fingerprint density at radius 1 is 1.16 bits per heavy atom. The molecule has 1 aromatic heterocycles. The third-order valence-electron chi connectivity index (χ3n) is 5.13. The summed E-state index contributed by atoms with van der Waals surface area (Å²) < 4.78 is 23.9. The van der Waals surface area contributed by atoms with Crippen LogP contribution in [-0.2, 0) is 30.6 Å². The summed E-state index contributed by atoms with van der Waals surface area (Å²) in [6.07, 6.45) is -0.0811. The molecule has 8 nitrogen and oxygen atoms in total. The SMILES string of the molecule is C[C@H](C(N)=O)N(C(=O)C(CC(=O)CS(=O)(=O)C(C)(C)C)Cc1ccccc1)c1cscn1. The van der Waals surface area contributed by atoms with Crippen molar-refractivity contribution < 1.29 is 22.8 Å². The summed E-state index contributed by atoms with van der Waals surface area (Å²) in [5.74, 6) is -3.06. The smallest absolute Gasteiger partial charge is 0.240 e. The van der Waals surface area contributed by atoms with Gasteiger partial charge in [0.15, 0.2) is 9.84 Å². The van der Waals surface area contributed by atoms with Gasteiger partial charge in [-0.2, -0.15) is 0 Å². The van der Waals surface area contributed by atoms with E-state index in [-0.39, 0.29) is 18.7 Å². The number of ketones is 1. The first kappa shape index (κ1) is 25.7. The molecule has 0 bridgehead atoms. The Morgan fingerprint density at radius 3 is 2.28 bits per heavy atom. The Balaban J connectivity index is 2.38. The number of rotatable bonds is 10. The molecule has 0 fully saturated rings. The van der Waals surface area contributed by atoms with E-state index in [4.69, 9.17) is 5.73 Å². The topological polar surface area (TPSA) is 127 Å². The van der Waals surface area contributed by atoms with Gasteiger partial charge in [-0.05, 0) is 39.7 Å². The van der Waals surface area contributed by atoms with Crippen LogP contribution < -0.4 is 10.6 Å². The van der Waals surface area contributed by atoms with Crippen LogP contribution in [0.3, 0.4) is 0 Å². The standard InChI is InChI=1S/C22H29N3O5S2/c1-15(20(23)27)25(19-12-31-14-24-19)21(28)17(10-16-8-6-5-7-9-16)11-18(26)13-32(29,30)22(2,3)4/h5-9,12,14-15,17H,10-11,13H2,1-4H3,(H2,23,27)/t15-,17?/m1/s1. The second-order valence-corrected chi connectivity index (χ2v) is 12.1. The fourth-order valence-electron chi connectivity index (χ4n) is 3.06. The molecular weight excluding hydrogens is 450 g/mol. The number of aromatic nitrogens is 1. The van der Waals surface area contributed by atoms with Crippen LogP contribution in [0.4, 0.5) is 5.82 Å². The number of nitrogens with zero attached hydrogens (tertiary/aromatic N) is 2. The lowest BCUT2D eigenvalue weighted by molar-refractivity contribution is -0.128. The van der Waals surface area contributed by atoms with Gasteiger partial charge in [0, 0.05) is 17.7 Å². The number of sulfone groups is 1. The highest BCUT2D eigenvalue weighted by Gasteiger charge is 2.36. The molecule has 0 aliphatic rings. The average molecular weight is 480 g/mol. The van der Waals surface area contributed by atoms with E-state index in [0.717, 1.165) is 5.56 Å². The Hall–Kier alpha value is -2.59. The van der Waals surface area contributed by atoms with Crippen molar-refractivity contribution >= 4 is 44.6 Å². The zero-order chi connectivity index (χ0) is 24.1. The first-order chi connectivity index (χ1) is 14.8. The number of nitrogens with two attached hydrogens (primary N) is 1. The van der Waals surface area contributed by atoms with E-state index < -0.39 is 49.9 Å². The molecule has 1 unspecified atom stereocenters. The molecule has 0 spiro atoms. The van der Waals surface area contributed by atoms with Gasteiger partial charge in [-0.25, -0.2) is 13.4 Å². The second-order valence-electron chi connectivity index (χ2n) is 8.63. The van der Waals surface area contributed by atoms with E-state index in [1.807, 2.05) is 30.3 Å². The normalized spacial score (nSPS) is 13.9. The number of anilines is 1. The van der Waals surface area contributed by atoms with Crippen LogP contribution in [0.5, 0.6) is 0 Å². The van der Waals surface area contributed by atoms with Crippen LogP contribution in [0.25, 0.3) is 0 Å². The van der Waals surface area contributed by atoms with Crippen LogP contribution in [0.1, 0.15) is 39.7 Å². The van der Waals surface area contributed by atoms with Gasteiger partial charge in [-0.1, -0.05) is 30.3 Å².